The molecule has 1 heterocycles. The van der Waals surface area contributed by atoms with E-state index in [1.165, 1.54) is 59.7 Å². The minimum atomic E-state index is -4.72. The highest BCUT2D eigenvalue weighted by Gasteiger charge is 2.32. The number of nitrogens with zero attached hydrogens (tertiary/aromatic N) is 2. The molecule has 0 radical (unpaired) electrons. The van der Waals surface area contributed by atoms with Crippen molar-refractivity contribution in [2.45, 2.75) is 24.2 Å². The third kappa shape index (κ3) is 6.82. The SMILES string of the molecule is O=C(c1ccc([N+](=O)[O-])cc1)N(Cc1ccc(OS(=O)(=O)c2cccc(C(F)(F)F)c2)cc1)Cc1ccco1. The fourth-order valence-corrected chi connectivity index (χ4v) is 4.55. The molecule has 9 nitrogen and oxygen atoms in total. The molecule has 1 aromatic heterocycles. The van der Waals surface area contributed by atoms with Crippen LogP contribution in [0.3, 0.4) is 0 Å². The maximum atomic E-state index is 13.2. The number of benzene rings is 3. The molecule has 0 spiro atoms. The van der Waals surface area contributed by atoms with Crippen LogP contribution in [0.1, 0.15) is 27.2 Å². The van der Waals surface area contributed by atoms with Gasteiger partial charge in [-0.1, -0.05) is 18.2 Å². The third-order valence-corrected chi connectivity index (χ3v) is 6.73. The summed E-state index contributed by atoms with van der Waals surface area (Å²) in [5.41, 5.74) is -0.517. The molecule has 202 valence electrons. The number of halogens is 3. The van der Waals surface area contributed by atoms with Crippen LogP contribution in [0, 0.1) is 10.1 Å². The zero-order chi connectivity index (χ0) is 28.2. The van der Waals surface area contributed by atoms with Crippen molar-refractivity contribution in [3.05, 3.63) is 124 Å². The molecule has 4 aromatic rings. The Kier molecular flexibility index (Phi) is 7.72. The van der Waals surface area contributed by atoms with E-state index < -0.39 is 37.6 Å². The first-order valence-electron chi connectivity index (χ1n) is 11.2. The van der Waals surface area contributed by atoms with Crippen LogP contribution in [0.4, 0.5) is 18.9 Å². The standard InChI is InChI=1S/C26H19F3N2O7S/c27-26(28,29)20-3-1-5-24(15-20)39(35,36)38-22-12-6-18(7-13-22)16-30(17-23-4-2-14-37-23)25(32)19-8-10-21(11-9-19)31(33)34/h1-15H,16-17H2. The van der Waals surface area contributed by atoms with E-state index in [2.05, 4.69) is 0 Å². The van der Waals surface area contributed by atoms with Crippen molar-refractivity contribution in [1.82, 2.24) is 4.90 Å². The molecule has 0 aliphatic heterocycles. The summed E-state index contributed by atoms with van der Waals surface area (Å²) in [5.74, 6) is -0.0958. The fraction of sp³-hybridized carbons (Fsp3) is 0.115. The predicted octanol–water partition coefficient (Wildman–Crippen LogP) is 5.82. The Hall–Kier alpha value is -4.65. The highest BCUT2D eigenvalue weighted by Crippen LogP contribution is 2.31. The van der Waals surface area contributed by atoms with Gasteiger partial charge in [-0.15, -0.1) is 0 Å². The van der Waals surface area contributed by atoms with Crippen molar-refractivity contribution in [3.63, 3.8) is 0 Å². The largest absolute Gasteiger partial charge is 0.467 e. The van der Waals surface area contributed by atoms with Gasteiger partial charge in [0, 0.05) is 24.2 Å². The smallest absolute Gasteiger partial charge is 0.416 e. The number of non-ortho nitro benzene ring substituents is 1. The Bertz CT molecular complexity index is 1570. The Morgan fingerprint density at radius 3 is 2.23 bits per heavy atom. The van der Waals surface area contributed by atoms with Crippen LogP contribution < -0.4 is 4.18 Å². The Labute approximate surface area is 220 Å². The molecule has 0 unspecified atom stereocenters. The summed E-state index contributed by atoms with van der Waals surface area (Å²) < 4.78 is 74.3. The van der Waals surface area contributed by atoms with Gasteiger partial charge in [0.15, 0.2) is 0 Å². The minimum absolute atomic E-state index is 0.0528. The van der Waals surface area contributed by atoms with Crippen molar-refractivity contribution in [1.29, 1.82) is 0 Å². The maximum Gasteiger partial charge on any atom is 0.416 e. The van der Waals surface area contributed by atoms with Crippen LogP contribution in [0.2, 0.25) is 0 Å². The number of hydrogen-bond donors (Lipinski definition) is 0. The molecule has 13 heteroatoms. The minimum Gasteiger partial charge on any atom is -0.467 e. The first-order valence-corrected chi connectivity index (χ1v) is 12.6. The van der Waals surface area contributed by atoms with E-state index in [-0.39, 0.29) is 30.1 Å². The average molecular weight is 561 g/mol. The molecule has 0 aliphatic carbocycles. The molecule has 0 fully saturated rings. The van der Waals surface area contributed by atoms with Gasteiger partial charge >= 0.3 is 16.3 Å². The molecule has 0 bridgehead atoms. The maximum absolute atomic E-state index is 13.2. The lowest BCUT2D eigenvalue weighted by molar-refractivity contribution is -0.384. The predicted molar refractivity (Wildman–Crippen MR) is 131 cm³/mol. The summed E-state index contributed by atoms with van der Waals surface area (Å²) in [6.45, 7) is 0.127. The molecule has 0 aliphatic rings. The topological polar surface area (TPSA) is 120 Å². The fourth-order valence-electron chi connectivity index (χ4n) is 3.57. The molecule has 1 amide bonds. The number of hydrogen-bond acceptors (Lipinski definition) is 7. The second-order valence-corrected chi connectivity index (χ2v) is 9.80. The van der Waals surface area contributed by atoms with Crippen molar-refractivity contribution in [3.8, 4) is 5.75 Å². The van der Waals surface area contributed by atoms with Crippen LogP contribution in [-0.2, 0) is 29.4 Å². The molecule has 0 atom stereocenters. The summed E-state index contributed by atoms with van der Waals surface area (Å²) in [6.07, 6.45) is -3.28. The zero-order valence-electron chi connectivity index (χ0n) is 19.9. The molecular formula is C26H19F3N2O7S. The second-order valence-electron chi connectivity index (χ2n) is 8.25. The Morgan fingerprint density at radius 1 is 0.949 bits per heavy atom. The summed E-state index contributed by atoms with van der Waals surface area (Å²) in [7, 11) is -4.55. The number of rotatable bonds is 9. The van der Waals surface area contributed by atoms with Crippen LogP contribution in [0.5, 0.6) is 5.75 Å². The molecule has 3 aromatic carbocycles. The number of alkyl halides is 3. The van der Waals surface area contributed by atoms with Crippen LogP contribution in [0.15, 0.2) is 101 Å². The van der Waals surface area contributed by atoms with Gasteiger partial charge in [0.25, 0.3) is 11.6 Å². The lowest BCUT2D eigenvalue weighted by Crippen LogP contribution is -2.30. The van der Waals surface area contributed by atoms with Gasteiger partial charge in [-0.05, 0) is 60.2 Å². The van der Waals surface area contributed by atoms with Gasteiger partial charge in [-0.3, -0.25) is 14.9 Å². The number of amides is 1. The summed E-state index contributed by atoms with van der Waals surface area (Å²) in [4.78, 5) is 24.3. The molecule has 0 N–H and O–H groups in total. The molecule has 4 rings (SSSR count). The quantitative estimate of drug-likeness (QED) is 0.144. The summed E-state index contributed by atoms with van der Waals surface area (Å²) >= 11 is 0. The molecular weight excluding hydrogens is 541 g/mol. The van der Waals surface area contributed by atoms with Gasteiger partial charge in [0.05, 0.1) is 23.3 Å². The third-order valence-electron chi connectivity index (χ3n) is 5.49. The summed E-state index contributed by atoms with van der Waals surface area (Å²) in [5, 5.41) is 10.9. The Balaban J connectivity index is 1.52. The van der Waals surface area contributed by atoms with Gasteiger partial charge in [-0.25, -0.2) is 0 Å². The first-order chi connectivity index (χ1) is 18.4. The van der Waals surface area contributed by atoms with Crippen LogP contribution in [-0.4, -0.2) is 24.1 Å². The number of furan rings is 1. The number of nitro groups is 1. The Morgan fingerprint density at radius 2 is 1.64 bits per heavy atom. The molecule has 0 saturated heterocycles. The van der Waals surface area contributed by atoms with Crippen molar-refractivity contribution in [2.75, 3.05) is 0 Å². The number of carbonyl (C=O) groups excluding carboxylic acids is 1. The van der Waals surface area contributed by atoms with E-state index in [0.29, 0.717) is 17.4 Å². The first kappa shape index (κ1) is 27.4. The van der Waals surface area contributed by atoms with E-state index in [9.17, 15) is 36.5 Å². The van der Waals surface area contributed by atoms with Gasteiger partial charge in [0.2, 0.25) is 0 Å². The van der Waals surface area contributed by atoms with Gasteiger partial charge in [0.1, 0.15) is 16.4 Å². The number of nitro benzene ring substituents is 1. The summed E-state index contributed by atoms with van der Waals surface area (Å²) in [6, 6.07) is 17.2. The van der Waals surface area contributed by atoms with Crippen LogP contribution >= 0.6 is 0 Å². The van der Waals surface area contributed by atoms with Crippen LogP contribution in [0.25, 0.3) is 0 Å². The number of carbonyl (C=O) groups is 1. The van der Waals surface area contributed by atoms with Crippen molar-refractivity contribution >= 4 is 21.7 Å². The monoisotopic (exact) mass is 560 g/mol. The van der Waals surface area contributed by atoms with Crippen molar-refractivity contribution in [2.24, 2.45) is 0 Å². The van der Waals surface area contributed by atoms with E-state index in [1.54, 1.807) is 12.1 Å². The van der Waals surface area contributed by atoms with Gasteiger partial charge < -0.3 is 13.5 Å². The highest BCUT2D eigenvalue weighted by atomic mass is 32.2. The lowest BCUT2D eigenvalue weighted by Gasteiger charge is -2.22. The zero-order valence-corrected chi connectivity index (χ0v) is 20.7. The second kappa shape index (κ2) is 11.0. The van der Waals surface area contributed by atoms with Crippen molar-refractivity contribution < 1.29 is 39.9 Å². The average Bonchev–Trinajstić information content (AvgIpc) is 3.42. The van der Waals surface area contributed by atoms with E-state index in [0.717, 1.165) is 18.2 Å². The highest BCUT2D eigenvalue weighted by molar-refractivity contribution is 7.87. The molecule has 0 saturated carbocycles. The van der Waals surface area contributed by atoms with E-state index in [4.69, 9.17) is 8.60 Å². The lowest BCUT2D eigenvalue weighted by atomic mass is 10.1. The normalized spacial score (nSPS) is 11.7. The van der Waals surface area contributed by atoms with Gasteiger partial charge in [-0.2, -0.15) is 21.6 Å². The molecule has 39 heavy (non-hydrogen) atoms. The van der Waals surface area contributed by atoms with E-state index >= 15 is 0 Å². The van der Waals surface area contributed by atoms with E-state index in [1.807, 2.05) is 0 Å².